The Balaban J connectivity index is 2.09. The van der Waals surface area contributed by atoms with E-state index in [9.17, 15) is 14.4 Å². The van der Waals surface area contributed by atoms with Gasteiger partial charge in [0.15, 0.2) is 5.78 Å². The number of carbonyl (C=O) groups is 1. The maximum absolute atomic E-state index is 12.9. The average Bonchev–Trinajstić information content (AvgIpc) is 2.68. The van der Waals surface area contributed by atoms with Crippen LogP contribution >= 0.6 is 0 Å². The molecule has 0 saturated heterocycles. The maximum atomic E-state index is 12.9. The molecule has 1 aromatic heterocycles. The summed E-state index contributed by atoms with van der Waals surface area (Å²) in [4.78, 5) is 40.4. The predicted molar refractivity (Wildman–Crippen MR) is 108 cm³/mol. The van der Waals surface area contributed by atoms with E-state index in [1.807, 2.05) is 48.5 Å². The lowest BCUT2D eigenvalue weighted by Crippen LogP contribution is -2.38. The van der Waals surface area contributed by atoms with Gasteiger partial charge in [-0.3, -0.25) is 14.6 Å². The van der Waals surface area contributed by atoms with Gasteiger partial charge in [0.1, 0.15) is 5.82 Å². The van der Waals surface area contributed by atoms with Gasteiger partial charge in [0.2, 0.25) is 0 Å². The minimum Gasteiger partial charge on any atom is -0.344 e. The summed E-state index contributed by atoms with van der Waals surface area (Å²) in [6, 6.07) is 18.5. The van der Waals surface area contributed by atoms with E-state index < -0.39 is 17.2 Å². The molecule has 0 amide bonds. The van der Waals surface area contributed by atoms with E-state index in [1.54, 1.807) is 19.1 Å². The molecule has 0 bridgehead atoms. The van der Waals surface area contributed by atoms with Crippen LogP contribution in [0.15, 0.2) is 81.5 Å². The summed E-state index contributed by atoms with van der Waals surface area (Å²) in [6.45, 7) is 3.28. The van der Waals surface area contributed by atoms with Gasteiger partial charge in [0.05, 0.1) is 11.3 Å². The van der Waals surface area contributed by atoms with Crippen LogP contribution in [-0.4, -0.2) is 15.3 Å². The number of ketones is 1. The van der Waals surface area contributed by atoms with Gasteiger partial charge in [-0.2, -0.15) is 0 Å². The molecular weight excluding hydrogens is 354 g/mol. The Morgan fingerprint density at radius 3 is 2.18 bits per heavy atom. The van der Waals surface area contributed by atoms with E-state index in [0.717, 1.165) is 5.56 Å². The number of benzene rings is 2. The highest BCUT2D eigenvalue weighted by molar-refractivity contribution is 5.98. The van der Waals surface area contributed by atoms with E-state index in [4.69, 9.17) is 0 Å². The number of aromatic amines is 1. The van der Waals surface area contributed by atoms with Gasteiger partial charge in [0.25, 0.3) is 5.56 Å². The standard InChI is InChI=1S/C22H19N3O3/c1-13-17(14(2)26)18(15-9-5-3-6-10-15)19-20(23-13)25(22(28)24-21(19)27)16-11-7-4-8-12-16/h3-12,18,23H,1-2H3,(H,24,27,28). The second-order valence-electron chi connectivity index (χ2n) is 6.76. The van der Waals surface area contributed by atoms with Crippen molar-refractivity contribution < 1.29 is 4.79 Å². The van der Waals surface area contributed by atoms with Crippen LogP contribution in [0.1, 0.15) is 30.9 Å². The number of carbonyl (C=O) groups excluding carboxylic acids is 1. The van der Waals surface area contributed by atoms with E-state index in [0.29, 0.717) is 28.3 Å². The fourth-order valence-corrected chi connectivity index (χ4v) is 3.82. The number of aromatic nitrogens is 2. The summed E-state index contributed by atoms with van der Waals surface area (Å²) in [5.74, 6) is -0.299. The van der Waals surface area contributed by atoms with Crippen molar-refractivity contribution in [3.8, 4) is 5.69 Å². The molecule has 4 rings (SSSR count). The first kappa shape index (κ1) is 17.7. The van der Waals surface area contributed by atoms with Gasteiger partial charge in [-0.15, -0.1) is 0 Å². The molecule has 0 aliphatic carbocycles. The topological polar surface area (TPSA) is 84.0 Å². The van der Waals surface area contributed by atoms with Crippen LogP contribution in [0.2, 0.25) is 0 Å². The van der Waals surface area contributed by atoms with Crippen molar-refractivity contribution in [2.75, 3.05) is 5.32 Å². The molecule has 0 saturated carbocycles. The molecule has 0 spiro atoms. The predicted octanol–water partition coefficient (Wildman–Crippen LogP) is 2.95. The molecule has 1 atom stereocenters. The minimum atomic E-state index is -0.561. The number of anilines is 1. The highest BCUT2D eigenvalue weighted by atomic mass is 16.2. The largest absolute Gasteiger partial charge is 0.344 e. The summed E-state index contributed by atoms with van der Waals surface area (Å²) in [5, 5.41) is 3.14. The number of H-pyrrole nitrogens is 1. The number of hydrogen-bond donors (Lipinski definition) is 2. The molecule has 0 radical (unpaired) electrons. The molecule has 1 unspecified atom stereocenters. The molecule has 1 aliphatic heterocycles. The molecule has 2 heterocycles. The molecule has 28 heavy (non-hydrogen) atoms. The molecule has 2 aromatic carbocycles. The lowest BCUT2D eigenvalue weighted by Gasteiger charge is -2.30. The number of rotatable bonds is 3. The number of nitrogens with zero attached hydrogens (tertiary/aromatic N) is 1. The Bertz CT molecular complexity index is 1210. The zero-order chi connectivity index (χ0) is 19.8. The third-order valence-electron chi connectivity index (χ3n) is 4.96. The fraction of sp³-hybridized carbons (Fsp3) is 0.136. The molecule has 3 aromatic rings. The number of para-hydroxylation sites is 1. The van der Waals surface area contributed by atoms with Crippen molar-refractivity contribution >= 4 is 11.6 Å². The molecular formula is C22H19N3O3. The first-order valence-corrected chi connectivity index (χ1v) is 8.97. The zero-order valence-corrected chi connectivity index (χ0v) is 15.5. The first-order chi connectivity index (χ1) is 13.5. The second kappa shape index (κ2) is 6.81. The van der Waals surface area contributed by atoms with E-state index in [-0.39, 0.29) is 5.78 Å². The Morgan fingerprint density at radius 1 is 0.964 bits per heavy atom. The highest BCUT2D eigenvalue weighted by Crippen LogP contribution is 2.40. The van der Waals surface area contributed by atoms with E-state index >= 15 is 0 Å². The summed E-state index contributed by atoms with van der Waals surface area (Å²) < 4.78 is 1.44. The number of Topliss-reactive ketones (excluding diaryl/α,β-unsaturated/α-hetero) is 1. The molecule has 140 valence electrons. The van der Waals surface area contributed by atoms with Crippen LogP contribution in [0.5, 0.6) is 0 Å². The van der Waals surface area contributed by atoms with Crippen LogP contribution in [0.4, 0.5) is 5.82 Å². The van der Waals surface area contributed by atoms with Crippen LogP contribution in [0, 0.1) is 0 Å². The van der Waals surface area contributed by atoms with E-state index in [1.165, 1.54) is 11.5 Å². The van der Waals surface area contributed by atoms with Crippen LogP contribution in [0.3, 0.4) is 0 Å². The summed E-state index contributed by atoms with van der Waals surface area (Å²) in [6.07, 6.45) is 0. The monoisotopic (exact) mass is 373 g/mol. The Morgan fingerprint density at radius 2 is 1.57 bits per heavy atom. The summed E-state index contributed by atoms with van der Waals surface area (Å²) >= 11 is 0. The average molecular weight is 373 g/mol. The van der Waals surface area contributed by atoms with Crippen molar-refractivity contribution in [2.45, 2.75) is 19.8 Å². The highest BCUT2D eigenvalue weighted by Gasteiger charge is 2.35. The van der Waals surface area contributed by atoms with Crippen molar-refractivity contribution in [1.29, 1.82) is 0 Å². The smallest absolute Gasteiger partial charge is 0.334 e. The van der Waals surface area contributed by atoms with E-state index in [2.05, 4.69) is 10.3 Å². The molecule has 6 nitrogen and oxygen atoms in total. The second-order valence-corrected chi connectivity index (χ2v) is 6.76. The fourth-order valence-electron chi connectivity index (χ4n) is 3.82. The lowest BCUT2D eigenvalue weighted by atomic mass is 9.81. The van der Waals surface area contributed by atoms with Crippen LogP contribution in [-0.2, 0) is 4.79 Å². The zero-order valence-electron chi connectivity index (χ0n) is 15.5. The summed E-state index contributed by atoms with van der Waals surface area (Å²) in [7, 11) is 0. The number of nitrogens with one attached hydrogen (secondary N) is 2. The van der Waals surface area contributed by atoms with Crippen LogP contribution < -0.4 is 16.6 Å². The Hall–Kier alpha value is -3.67. The Kier molecular flexibility index (Phi) is 4.31. The van der Waals surface area contributed by atoms with Gasteiger partial charge in [-0.25, -0.2) is 9.36 Å². The SMILES string of the molecule is CC(=O)C1=C(C)Nc2c(c(=O)[nH]c(=O)n2-c2ccccc2)C1c1ccccc1. The van der Waals surface area contributed by atoms with Gasteiger partial charge in [-0.1, -0.05) is 48.5 Å². The Labute approximate surface area is 161 Å². The molecule has 0 fully saturated rings. The van der Waals surface area contributed by atoms with Gasteiger partial charge < -0.3 is 5.32 Å². The number of fused-ring (bicyclic) bond motifs is 1. The molecule has 6 heteroatoms. The number of hydrogen-bond acceptors (Lipinski definition) is 4. The minimum absolute atomic E-state index is 0.124. The van der Waals surface area contributed by atoms with Crippen molar-refractivity contribution in [1.82, 2.24) is 9.55 Å². The van der Waals surface area contributed by atoms with Gasteiger partial charge in [0, 0.05) is 17.2 Å². The van der Waals surface area contributed by atoms with Crippen LogP contribution in [0.25, 0.3) is 5.69 Å². The summed E-state index contributed by atoms with van der Waals surface area (Å²) in [5.41, 5.74) is 1.90. The van der Waals surface area contributed by atoms with Crippen molar-refractivity contribution in [3.63, 3.8) is 0 Å². The third kappa shape index (κ3) is 2.79. The first-order valence-electron chi connectivity index (χ1n) is 8.97. The maximum Gasteiger partial charge on any atom is 0.334 e. The van der Waals surface area contributed by atoms with Gasteiger partial charge >= 0.3 is 5.69 Å². The molecule has 1 aliphatic rings. The molecule has 2 N–H and O–H groups in total. The van der Waals surface area contributed by atoms with Gasteiger partial charge in [-0.05, 0) is 31.5 Å². The lowest BCUT2D eigenvalue weighted by molar-refractivity contribution is -0.113. The quantitative estimate of drug-likeness (QED) is 0.739. The normalized spacial score (nSPS) is 15.7. The van der Waals surface area contributed by atoms with Crippen molar-refractivity contribution in [2.24, 2.45) is 0 Å². The third-order valence-corrected chi connectivity index (χ3v) is 4.96. The number of allylic oxidation sites excluding steroid dienone is 2. The van der Waals surface area contributed by atoms with Crippen molar-refractivity contribution in [3.05, 3.63) is 104 Å².